The number of imide groups is 6. The number of piperidine rings is 3. The van der Waals surface area contributed by atoms with E-state index in [-0.39, 0.29) is 75.4 Å². The highest BCUT2D eigenvalue weighted by molar-refractivity contribution is 14.1. The van der Waals surface area contributed by atoms with Gasteiger partial charge in [-0.25, -0.2) is 14.0 Å². The summed E-state index contributed by atoms with van der Waals surface area (Å²) >= 11 is 2.15. The van der Waals surface area contributed by atoms with Crippen molar-refractivity contribution >= 4 is 118 Å². The van der Waals surface area contributed by atoms with Crippen LogP contribution in [0.15, 0.2) is 54.6 Å². The zero-order valence-corrected chi connectivity index (χ0v) is 78.3. The zero-order valence-electron chi connectivity index (χ0n) is 75.4. The molecule has 3 aromatic rings. The first-order valence-corrected chi connectivity index (χ1v) is 46.3. The fourth-order valence-electron chi connectivity index (χ4n) is 15.3. The Kier molecular flexibility index (Phi) is 47.8. The van der Waals surface area contributed by atoms with Crippen LogP contribution in [0.2, 0.25) is 0 Å². The van der Waals surface area contributed by atoms with Crippen molar-refractivity contribution < 1.29 is 109 Å². The van der Waals surface area contributed by atoms with E-state index in [2.05, 4.69) is 78.6 Å². The fourth-order valence-corrected chi connectivity index (χ4v) is 15.3. The van der Waals surface area contributed by atoms with Crippen LogP contribution in [0.1, 0.15) is 174 Å². The molecule has 14 amide bonds. The number of nitrogens with two attached hydrogens (primary N) is 2. The fraction of sp³-hybridized carbons (Fsp3) is 0.640. The molecule has 0 radical (unpaired) electrons. The van der Waals surface area contributed by atoms with Crippen LogP contribution in [0.25, 0.3) is 0 Å². The first-order chi connectivity index (χ1) is 61.4. The van der Waals surface area contributed by atoms with E-state index in [1.807, 2.05) is 58.6 Å². The lowest BCUT2D eigenvalue weighted by Gasteiger charge is -2.34. The Morgan fingerprint density at radius 2 is 0.638 bits per heavy atom. The first-order valence-electron chi connectivity index (χ1n) is 44.1. The molecule has 9 N–H and O–H groups in total. The minimum Gasteiger partial charge on any atom is -0.444 e. The normalized spacial score (nSPS) is 19.3. The topological polar surface area (TPSA) is 454 Å². The maximum Gasteiger partial charge on any atom is 0.407 e. The lowest BCUT2D eigenvalue weighted by molar-refractivity contribution is -0.137. The summed E-state index contributed by atoms with van der Waals surface area (Å²) in [6.45, 7) is 38.3. The monoisotopic (exact) mass is 1960 g/mol. The first kappa shape index (κ1) is 110. The van der Waals surface area contributed by atoms with Gasteiger partial charge in [-0.05, 0) is 145 Å². The van der Waals surface area contributed by atoms with Crippen LogP contribution < -0.4 is 38.1 Å². The number of halogens is 3. The number of amides is 14. The number of carbonyl (C=O) groups excluding carboxylic acids is 14. The quantitative estimate of drug-likeness (QED) is 0.0186. The van der Waals surface area contributed by atoms with Crippen LogP contribution in [0, 0.1) is 5.82 Å². The molecule has 0 aromatic heterocycles. The maximum atomic E-state index is 13.2. The van der Waals surface area contributed by atoms with Gasteiger partial charge in [-0.2, -0.15) is 0 Å². The van der Waals surface area contributed by atoms with Crippen molar-refractivity contribution in [1.82, 2.24) is 70.7 Å². The molecule has 3 atom stereocenters. The molecule has 6 fully saturated rings. The van der Waals surface area contributed by atoms with Crippen molar-refractivity contribution in [3.05, 3.63) is 105 Å². The van der Waals surface area contributed by atoms with Gasteiger partial charge in [0.25, 0.3) is 35.4 Å². The number of benzene rings is 3. The zero-order chi connectivity index (χ0) is 92.9. The van der Waals surface area contributed by atoms with Gasteiger partial charge in [0.05, 0.1) is 99.4 Å². The SMILES string of the molecule is C.CC(C)(C)OC(=O)NCCOCCN1CCN(CCOCCCc2ccc3c(c2)C(=O)N(C2CCC(=O)NC2=O)C3=O)CC1.CC(C)(C)OC(=O)NCCOCCN1CCN(CCOCCN)CC1.CI.Cl.NCCOCCN1CCN(CCOCCCc2ccc3c(c2)C(=O)N(C2CCC(=O)NC2=O)C3=O)CC1.O=C1CCC(N2C(=O)c3ccc(F)cc3C2=O)C(=O)N1. The molecule has 41 heteroatoms. The van der Waals surface area contributed by atoms with Crippen LogP contribution in [0.4, 0.5) is 14.0 Å². The Hall–Kier alpha value is -8.57. The van der Waals surface area contributed by atoms with Crippen molar-refractivity contribution in [1.29, 1.82) is 0 Å². The number of alkyl carbamates (subject to hydrolysis) is 2. The number of nitrogens with one attached hydrogen (secondary N) is 5. The number of carbonyl (C=O) groups is 14. The van der Waals surface area contributed by atoms with Crippen molar-refractivity contribution in [2.75, 3.05) is 228 Å². The lowest BCUT2D eigenvalue weighted by Crippen LogP contribution is -2.54. The van der Waals surface area contributed by atoms with Gasteiger partial charge >= 0.3 is 12.2 Å². The second kappa shape index (κ2) is 56.5. The molecule has 12 rings (SSSR count). The van der Waals surface area contributed by atoms with Gasteiger partial charge in [0, 0.05) is 176 Å². The number of piperazine rings is 3. The van der Waals surface area contributed by atoms with E-state index in [4.69, 9.17) is 49.4 Å². The van der Waals surface area contributed by atoms with Crippen molar-refractivity contribution in [3.8, 4) is 0 Å². The van der Waals surface area contributed by atoms with Crippen LogP contribution in [-0.2, 0) is 79.5 Å². The number of hydrogen-bond acceptors (Lipinski definition) is 30. The molecule has 9 heterocycles. The molecule has 38 nitrogen and oxygen atoms in total. The molecule has 9 aliphatic heterocycles. The van der Waals surface area contributed by atoms with Gasteiger partial charge < -0.3 is 60.0 Å². The Morgan fingerprint density at radius 3 is 0.908 bits per heavy atom. The van der Waals surface area contributed by atoms with Crippen LogP contribution in [0.5, 0.6) is 0 Å². The summed E-state index contributed by atoms with van der Waals surface area (Å²) in [5.74, 6) is -7.02. The molecule has 724 valence electrons. The van der Waals surface area contributed by atoms with Crippen molar-refractivity contribution in [2.45, 2.75) is 143 Å². The van der Waals surface area contributed by atoms with Gasteiger partial charge in [-0.3, -0.25) is 118 Å². The number of aryl methyl sites for hydroxylation is 2. The van der Waals surface area contributed by atoms with Gasteiger partial charge in [-0.15, -0.1) is 12.4 Å². The third-order valence-corrected chi connectivity index (χ3v) is 22.0. The predicted molar refractivity (Wildman–Crippen MR) is 490 cm³/mol. The van der Waals surface area contributed by atoms with E-state index in [9.17, 15) is 71.5 Å². The van der Waals surface area contributed by atoms with E-state index in [0.717, 1.165) is 188 Å². The average Bonchev–Trinajstić information content (AvgIpc) is 1.62. The highest BCUT2D eigenvalue weighted by atomic mass is 127. The highest BCUT2D eigenvalue weighted by Gasteiger charge is 2.48. The number of fused-ring (bicyclic) bond motifs is 3. The Bertz CT molecular complexity index is 4260. The number of hydrogen-bond donors (Lipinski definition) is 7. The lowest BCUT2D eigenvalue weighted by atomic mass is 10.0. The molecule has 6 saturated heterocycles. The summed E-state index contributed by atoms with van der Waals surface area (Å²) in [5, 5.41) is 11.9. The van der Waals surface area contributed by atoms with Gasteiger partial charge in [0.15, 0.2) is 0 Å². The van der Waals surface area contributed by atoms with Crippen molar-refractivity contribution in [2.24, 2.45) is 11.5 Å². The molecular formula is C89H135ClFIN16O22. The van der Waals surface area contributed by atoms with Crippen LogP contribution >= 0.6 is 35.0 Å². The molecule has 3 unspecified atom stereocenters. The number of ether oxygens (including phenoxy) is 8. The molecule has 3 aromatic carbocycles. The largest absolute Gasteiger partial charge is 0.444 e. The van der Waals surface area contributed by atoms with E-state index in [1.165, 1.54) is 6.07 Å². The number of rotatable bonds is 39. The molecular weight excluding hydrogens is 1830 g/mol. The summed E-state index contributed by atoms with van der Waals surface area (Å²) in [6.07, 6.45) is 2.80. The maximum absolute atomic E-state index is 13.2. The second-order valence-electron chi connectivity index (χ2n) is 33.7. The summed E-state index contributed by atoms with van der Waals surface area (Å²) in [7, 11) is 0. The smallest absolute Gasteiger partial charge is 0.407 e. The number of alkyl halides is 1. The number of nitrogens with zero attached hydrogens (tertiary/aromatic N) is 9. The van der Waals surface area contributed by atoms with E-state index < -0.39 is 112 Å². The third kappa shape index (κ3) is 35.4. The second-order valence-corrected chi connectivity index (χ2v) is 33.7. The molecule has 9 aliphatic rings. The minimum atomic E-state index is -1.02. The van der Waals surface area contributed by atoms with Crippen LogP contribution in [0.3, 0.4) is 0 Å². The van der Waals surface area contributed by atoms with E-state index in [1.54, 1.807) is 24.3 Å². The standard InChI is InChI=1S/C31H45N5O8.C26H37N5O6.C17H36N4O4.C13H9FN2O4.CH3I.CH4.ClH/c1-31(2,3)44-30(41)32-10-18-43-20-16-35-13-11-34(12-14-35)15-19-42-17-4-5-22-6-7-23-24(21-22)29(40)36(28(23)39)25-8-9-26(37)33-27(25)38;27-7-15-37-17-13-30-10-8-29(9-11-30)12-16-36-14-1-2-19-3-4-20-21(18-19)26(35)31(25(20)34)22-5-6-23(32)28-24(22)33;1-17(2,3)25-16(22)19-5-13-24-15-11-21-8-6-20(7-9-21)10-14-23-12-4-18;14-6-1-2-7-8(5-6)13(20)16(12(7)19)9-3-4-10(17)15-11(9)18;1-2;;/h6-7,21,25H,4-5,8-20H2,1-3H3,(H,32,41)(H,33,37,38);3-4,18,22H,1-2,5-17,27H2,(H,28,32,33);4-15,18H2,1-3H3,(H,19,22);1-2,5,9H,3-4H2,(H,15,17,18);1H3;1H4;1H. The molecule has 0 bridgehead atoms. The van der Waals surface area contributed by atoms with Crippen molar-refractivity contribution in [3.63, 3.8) is 0 Å². The molecule has 0 spiro atoms. The average molecular weight is 1960 g/mol. The highest BCUT2D eigenvalue weighted by Crippen LogP contribution is 2.32. The predicted octanol–water partition coefficient (Wildman–Crippen LogP) is 3.28. The summed E-state index contributed by atoms with van der Waals surface area (Å²) in [6, 6.07) is 10.8. The van der Waals surface area contributed by atoms with Gasteiger partial charge in [0.2, 0.25) is 35.4 Å². The third-order valence-electron chi connectivity index (χ3n) is 22.0. The van der Waals surface area contributed by atoms with Gasteiger partial charge in [0.1, 0.15) is 35.1 Å². The van der Waals surface area contributed by atoms with E-state index >= 15 is 0 Å². The molecule has 130 heavy (non-hydrogen) atoms. The summed E-state index contributed by atoms with van der Waals surface area (Å²) < 4.78 is 57.3. The summed E-state index contributed by atoms with van der Waals surface area (Å²) in [4.78, 5) is 188. The minimum absolute atomic E-state index is 0. The van der Waals surface area contributed by atoms with E-state index in [0.29, 0.717) is 121 Å². The Morgan fingerprint density at radius 1 is 0.385 bits per heavy atom. The Balaban J connectivity index is 0.000000274. The van der Waals surface area contributed by atoms with Crippen LogP contribution in [-0.4, -0.2) is 385 Å². The van der Waals surface area contributed by atoms with Gasteiger partial charge in [-0.1, -0.05) is 42.2 Å². The summed E-state index contributed by atoms with van der Waals surface area (Å²) in [5.41, 5.74) is 13.0. The molecule has 0 saturated carbocycles. The molecule has 0 aliphatic carbocycles. The Labute approximate surface area is 780 Å².